The van der Waals surface area contributed by atoms with Crippen molar-refractivity contribution in [2.75, 3.05) is 13.1 Å². The first-order valence-corrected chi connectivity index (χ1v) is 17.1. The molecule has 7 heteroatoms. The zero-order valence-corrected chi connectivity index (χ0v) is 28.9. The van der Waals surface area contributed by atoms with Crippen molar-refractivity contribution in [2.45, 2.75) is 97.1 Å². The molecule has 4 N–H and O–H groups in total. The molecule has 0 aromatic heterocycles. The Kier molecular flexibility index (Phi) is 10.4. The number of carbonyl (C=O) groups excluding carboxylic acids is 2. The molecule has 0 radical (unpaired) electrons. The molecule has 7 nitrogen and oxygen atoms in total. The summed E-state index contributed by atoms with van der Waals surface area (Å²) in [7, 11) is 0. The lowest BCUT2D eigenvalue weighted by atomic mass is 9.62. The zero-order valence-electron chi connectivity index (χ0n) is 28.9. The summed E-state index contributed by atoms with van der Waals surface area (Å²) in [5.74, 6) is 0.550. The average molecular weight is 637 g/mol. The summed E-state index contributed by atoms with van der Waals surface area (Å²) in [5.41, 5.74) is 18.4. The molecule has 2 aliphatic carbocycles. The van der Waals surface area contributed by atoms with Crippen LogP contribution in [-0.2, 0) is 28.7 Å². The van der Waals surface area contributed by atoms with Crippen LogP contribution in [0.5, 0.6) is 0 Å². The van der Waals surface area contributed by atoms with Crippen LogP contribution < -0.4 is 11.5 Å². The summed E-state index contributed by atoms with van der Waals surface area (Å²) in [6.45, 7) is 13.4. The average Bonchev–Trinajstić information content (AvgIpc) is 3.06. The van der Waals surface area contributed by atoms with Gasteiger partial charge in [0.25, 0.3) is 5.91 Å². The van der Waals surface area contributed by atoms with E-state index in [1.54, 1.807) is 12.1 Å². The van der Waals surface area contributed by atoms with Crippen LogP contribution in [0.25, 0.3) is 0 Å². The molecule has 0 spiro atoms. The van der Waals surface area contributed by atoms with Crippen LogP contribution in [-0.4, -0.2) is 35.8 Å². The molecule has 1 fully saturated rings. The van der Waals surface area contributed by atoms with Gasteiger partial charge in [0.2, 0.25) is 0 Å². The van der Waals surface area contributed by atoms with Crippen molar-refractivity contribution in [3.8, 4) is 0 Å². The van der Waals surface area contributed by atoms with Crippen molar-refractivity contribution >= 4 is 17.8 Å². The molecule has 0 atom stereocenters. The van der Waals surface area contributed by atoms with Crippen LogP contribution in [0.3, 0.4) is 0 Å². The highest BCUT2D eigenvalue weighted by molar-refractivity contribution is 5.96. The molecule has 0 heterocycles. The highest BCUT2D eigenvalue weighted by Gasteiger charge is 2.38. The van der Waals surface area contributed by atoms with Gasteiger partial charge in [-0.15, -0.1) is 0 Å². The van der Waals surface area contributed by atoms with Gasteiger partial charge < -0.3 is 21.1 Å². The Morgan fingerprint density at radius 3 is 2.09 bits per heavy atom. The number of guanidine groups is 1. The minimum atomic E-state index is -0.405. The lowest BCUT2D eigenvalue weighted by Gasteiger charge is -2.42. The van der Waals surface area contributed by atoms with Gasteiger partial charge in [-0.05, 0) is 109 Å². The van der Waals surface area contributed by atoms with Gasteiger partial charge in [0.1, 0.15) is 6.61 Å². The number of hydrogen-bond acceptors (Lipinski definition) is 4. The van der Waals surface area contributed by atoms with Crippen molar-refractivity contribution in [1.29, 1.82) is 0 Å². The van der Waals surface area contributed by atoms with Gasteiger partial charge in [-0.2, -0.15) is 0 Å². The molecule has 3 aromatic carbocycles. The van der Waals surface area contributed by atoms with E-state index >= 15 is 0 Å². The van der Waals surface area contributed by atoms with Crippen LogP contribution in [0.4, 0.5) is 0 Å². The lowest BCUT2D eigenvalue weighted by molar-refractivity contribution is 0.0466. The van der Waals surface area contributed by atoms with Crippen LogP contribution in [0.1, 0.15) is 115 Å². The van der Waals surface area contributed by atoms with E-state index in [1.807, 2.05) is 47.4 Å². The monoisotopic (exact) mass is 636 g/mol. The van der Waals surface area contributed by atoms with E-state index in [0.29, 0.717) is 48.2 Å². The van der Waals surface area contributed by atoms with E-state index in [4.69, 9.17) is 16.2 Å². The van der Waals surface area contributed by atoms with Gasteiger partial charge in [0.15, 0.2) is 5.96 Å². The van der Waals surface area contributed by atoms with Crippen molar-refractivity contribution < 1.29 is 14.3 Å². The smallest absolute Gasteiger partial charge is 0.338 e. The standard InChI is InChI=1S/C40H52N4O3/c1-27-21-34-35(40(4,5)20-19-39(34,2)3)22-32(27)25-44(24-29-17-15-28(16-18-29)23-43-38(41)42)36(45)33-14-10-9-13-31(33)26-47-37(46)30-11-7-6-8-12-30/h6-14,21-22,28-29H,15-20,23-26H2,1-5H3,(H4,41,42,43). The van der Waals surface area contributed by atoms with Crippen LogP contribution in [0.2, 0.25) is 0 Å². The number of benzene rings is 3. The Balaban J connectivity index is 1.42. The van der Waals surface area contributed by atoms with Gasteiger partial charge in [0.05, 0.1) is 5.56 Å². The predicted octanol–water partition coefficient (Wildman–Crippen LogP) is 7.42. The maximum Gasteiger partial charge on any atom is 0.338 e. The number of esters is 1. The molecule has 0 aliphatic heterocycles. The summed E-state index contributed by atoms with van der Waals surface area (Å²) in [6.07, 6.45) is 6.42. The Hall–Kier alpha value is -4.13. The van der Waals surface area contributed by atoms with Gasteiger partial charge in [-0.25, -0.2) is 4.79 Å². The number of hydrogen-bond donors (Lipinski definition) is 2. The Bertz CT molecular complexity index is 1600. The van der Waals surface area contributed by atoms with Crippen molar-refractivity contribution in [2.24, 2.45) is 28.3 Å². The second-order valence-electron chi connectivity index (χ2n) is 15.0. The number of nitrogens with zero attached hydrogens (tertiary/aromatic N) is 2. The topological polar surface area (TPSA) is 111 Å². The molecule has 2 aliphatic rings. The highest BCUT2D eigenvalue weighted by atomic mass is 16.5. The maximum atomic E-state index is 14.6. The number of rotatable bonds is 10. The van der Waals surface area contributed by atoms with Crippen molar-refractivity contribution in [3.63, 3.8) is 0 Å². The first-order chi connectivity index (χ1) is 22.3. The van der Waals surface area contributed by atoms with Crippen molar-refractivity contribution in [1.82, 2.24) is 4.90 Å². The molecule has 0 bridgehead atoms. The maximum absolute atomic E-state index is 14.6. The molecule has 1 amide bonds. The van der Waals surface area contributed by atoms with Gasteiger partial charge in [-0.3, -0.25) is 9.79 Å². The molecule has 3 aromatic rings. The van der Waals surface area contributed by atoms with E-state index < -0.39 is 5.97 Å². The second-order valence-corrected chi connectivity index (χ2v) is 15.0. The Morgan fingerprint density at radius 1 is 0.830 bits per heavy atom. The summed E-state index contributed by atoms with van der Waals surface area (Å²) in [5, 5.41) is 0. The van der Waals surface area contributed by atoms with E-state index in [2.05, 4.69) is 51.7 Å². The third-order valence-corrected chi connectivity index (χ3v) is 10.6. The largest absolute Gasteiger partial charge is 0.457 e. The predicted molar refractivity (Wildman–Crippen MR) is 189 cm³/mol. The fraction of sp³-hybridized carbons (Fsp3) is 0.475. The highest BCUT2D eigenvalue weighted by Crippen LogP contribution is 2.46. The quantitative estimate of drug-likeness (QED) is 0.137. The van der Waals surface area contributed by atoms with Gasteiger partial charge in [-0.1, -0.05) is 76.2 Å². The number of aryl methyl sites for hydroxylation is 1. The number of carbonyl (C=O) groups is 2. The van der Waals surface area contributed by atoms with Gasteiger partial charge in [0, 0.05) is 30.8 Å². The third kappa shape index (κ3) is 8.24. The normalized spacial score (nSPS) is 19.7. The van der Waals surface area contributed by atoms with E-state index in [9.17, 15) is 9.59 Å². The van der Waals surface area contributed by atoms with Crippen molar-refractivity contribution in [3.05, 3.63) is 106 Å². The Labute approximate surface area is 280 Å². The number of nitrogens with two attached hydrogens (primary N) is 2. The van der Waals surface area contributed by atoms with Crippen LogP contribution >= 0.6 is 0 Å². The summed E-state index contributed by atoms with van der Waals surface area (Å²) >= 11 is 0. The van der Waals surface area contributed by atoms with Crippen LogP contribution in [0, 0.1) is 18.8 Å². The molecule has 5 rings (SSSR count). The van der Waals surface area contributed by atoms with E-state index in [1.165, 1.54) is 22.3 Å². The zero-order chi connectivity index (χ0) is 33.8. The minimum Gasteiger partial charge on any atom is -0.457 e. The molecule has 1 saturated carbocycles. The Morgan fingerprint density at radius 2 is 1.43 bits per heavy atom. The fourth-order valence-electron chi connectivity index (χ4n) is 7.33. The molecule has 250 valence electrons. The molecule has 0 unspecified atom stereocenters. The van der Waals surface area contributed by atoms with Gasteiger partial charge >= 0.3 is 5.97 Å². The summed E-state index contributed by atoms with van der Waals surface area (Å²) in [4.78, 5) is 33.6. The first kappa shape index (κ1) is 34.2. The van der Waals surface area contributed by atoms with E-state index in [-0.39, 0.29) is 29.3 Å². The third-order valence-electron chi connectivity index (χ3n) is 10.6. The molecular weight excluding hydrogens is 584 g/mol. The van der Waals surface area contributed by atoms with Crippen LogP contribution in [0.15, 0.2) is 71.7 Å². The number of amides is 1. The molecular formula is C40H52N4O3. The molecule has 47 heavy (non-hydrogen) atoms. The van der Waals surface area contributed by atoms with E-state index in [0.717, 1.165) is 38.5 Å². The first-order valence-electron chi connectivity index (χ1n) is 17.1. The lowest BCUT2D eigenvalue weighted by Crippen LogP contribution is -2.38. The number of aliphatic imine (C=N–C) groups is 1. The fourth-order valence-corrected chi connectivity index (χ4v) is 7.33. The minimum absolute atomic E-state index is 0.0283. The summed E-state index contributed by atoms with van der Waals surface area (Å²) < 4.78 is 5.69. The number of fused-ring (bicyclic) bond motifs is 1. The second kappa shape index (κ2) is 14.3. The number of ether oxygens (including phenoxy) is 1. The summed E-state index contributed by atoms with van der Waals surface area (Å²) in [6, 6.07) is 21.2. The SMILES string of the molecule is Cc1cc2c(cc1CN(CC1CCC(CN=C(N)N)CC1)C(=O)c1ccccc1COC(=O)c1ccccc1)C(C)(C)CCC2(C)C. The molecule has 0 saturated heterocycles.